The normalized spacial score (nSPS) is 18.5. The Kier molecular flexibility index (Phi) is 4.49. The van der Waals surface area contributed by atoms with Gasteiger partial charge in [0.15, 0.2) is 0 Å². The minimum atomic E-state index is -3.05. The van der Waals surface area contributed by atoms with Gasteiger partial charge in [-0.05, 0) is 12.8 Å². The predicted octanol–water partition coefficient (Wildman–Crippen LogP) is -0.463. The fourth-order valence-electron chi connectivity index (χ4n) is 1.54. The van der Waals surface area contributed by atoms with Crippen molar-refractivity contribution in [1.29, 1.82) is 0 Å². The largest absolute Gasteiger partial charge is 0.337 e. The average molecular weight is 246 g/mol. The van der Waals surface area contributed by atoms with Crippen LogP contribution in [0.25, 0.3) is 0 Å². The van der Waals surface area contributed by atoms with E-state index in [1.807, 2.05) is 12.2 Å². The number of nitrogens with zero attached hydrogens (tertiary/aromatic N) is 1. The van der Waals surface area contributed by atoms with Gasteiger partial charge in [0.05, 0.1) is 11.8 Å². The Morgan fingerprint density at radius 3 is 2.69 bits per heavy atom. The zero-order valence-electron chi connectivity index (χ0n) is 9.43. The molecule has 1 heterocycles. The van der Waals surface area contributed by atoms with Crippen molar-refractivity contribution in [2.45, 2.75) is 18.9 Å². The molecular formula is C10H18N2O3S. The van der Waals surface area contributed by atoms with E-state index in [1.54, 1.807) is 4.90 Å². The first-order valence-electron chi connectivity index (χ1n) is 5.27. The summed E-state index contributed by atoms with van der Waals surface area (Å²) in [4.78, 5) is 13.4. The standard InChI is InChI=1S/C10H18N2O3S/c1-16(14,15)8-5-9(11)10(13)12-6-3-2-4-7-12/h2-3,9H,4-8,11H2,1H3. The van der Waals surface area contributed by atoms with Gasteiger partial charge in [0.1, 0.15) is 9.84 Å². The van der Waals surface area contributed by atoms with Gasteiger partial charge in [0.2, 0.25) is 5.91 Å². The number of hydrogen-bond donors (Lipinski definition) is 1. The fraction of sp³-hybridized carbons (Fsp3) is 0.700. The molecule has 92 valence electrons. The van der Waals surface area contributed by atoms with Crippen molar-refractivity contribution in [2.24, 2.45) is 5.73 Å². The molecule has 0 aromatic rings. The second-order valence-corrected chi connectivity index (χ2v) is 6.33. The van der Waals surface area contributed by atoms with Gasteiger partial charge in [0, 0.05) is 19.3 Å². The van der Waals surface area contributed by atoms with Crippen LogP contribution < -0.4 is 5.73 Å². The van der Waals surface area contributed by atoms with Gasteiger partial charge in [-0.2, -0.15) is 0 Å². The van der Waals surface area contributed by atoms with Gasteiger partial charge in [0.25, 0.3) is 0 Å². The van der Waals surface area contributed by atoms with Gasteiger partial charge in [-0.1, -0.05) is 12.2 Å². The third kappa shape index (κ3) is 4.32. The Morgan fingerprint density at radius 2 is 2.19 bits per heavy atom. The first-order valence-corrected chi connectivity index (χ1v) is 7.33. The van der Waals surface area contributed by atoms with Gasteiger partial charge in [-0.3, -0.25) is 4.79 Å². The molecule has 0 aromatic heterocycles. The molecule has 1 aliphatic rings. The molecule has 0 aliphatic carbocycles. The summed E-state index contributed by atoms with van der Waals surface area (Å²) in [6, 6.07) is -0.707. The molecule has 1 atom stereocenters. The maximum absolute atomic E-state index is 11.8. The number of rotatable bonds is 4. The Morgan fingerprint density at radius 1 is 1.50 bits per heavy atom. The molecule has 5 nitrogen and oxygen atoms in total. The van der Waals surface area contributed by atoms with Crippen LogP contribution in [0.3, 0.4) is 0 Å². The maximum atomic E-state index is 11.8. The lowest BCUT2D eigenvalue weighted by Crippen LogP contribution is -2.45. The van der Waals surface area contributed by atoms with Crippen molar-refractivity contribution < 1.29 is 13.2 Å². The molecule has 1 rings (SSSR count). The first-order chi connectivity index (χ1) is 7.40. The van der Waals surface area contributed by atoms with E-state index in [0.29, 0.717) is 13.1 Å². The monoisotopic (exact) mass is 246 g/mol. The fourth-order valence-corrected chi connectivity index (χ4v) is 2.22. The van der Waals surface area contributed by atoms with E-state index in [4.69, 9.17) is 5.73 Å². The van der Waals surface area contributed by atoms with Gasteiger partial charge >= 0.3 is 0 Å². The van der Waals surface area contributed by atoms with E-state index in [9.17, 15) is 13.2 Å². The number of carbonyl (C=O) groups excluding carboxylic acids is 1. The molecule has 6 heteroatoms. The summed E-state index contributed by atoms with van der Waals surface area (Å²) in [6.45, 7) is 1.24. The van der Waals surface area contributed by atoms with Crippen molar-refractivity contribution in [1.82, 2.24) is 4.90 Å². The lowest BCUT2D eigenvalue weighted by Gasteiger charge is -2.26. The summed E-state index contributed by atoms with van der Waals surface area (Å²) in [6.07, 6.45) is 6.12. The maximum Gasteiger partial charge on any atom is 0.239 e. The first kappa shape index (κ1) is 13.2. The molecule has 0 saturated carbocycles. The highest BCUT2D eigenvalue weighted by Gasteiger charge is 2.21. The molecular weight excluding hydrogens is 228 g/mol. The second-order valence-electron chi connectivity index (χ2n) is 4.07. The molecule has 2 N–H and O–H groups in total. The zero-order valence-corrected chi connectivity index (χ0v) is 10.2. The van der Waals surface area contributed by atoms with Crippen LogP contribution in [0.1, 0.15) is 12.8 Å². The quantitative estimate of drug-likeness (QED) is 0.680. The molecule has 0 bridgehead atoms. The Labute approximate surface area is 96.2 Å². The molecule has 0 fully saturated rings. The Balaban J connectivity index is 2.44. The topological polar surface area (TPSA) is 80.5 Å². The molecule has 0 radical (unpaired) electrons. The zero-order chi connectivity index (χ0) is 12.2. The summed E-state index contributed by atoms with van der Waals surface area (Å²) in [5.74, 6) is -0.197. The van der Waals surface area contributed by atoms with Crippen LogP contribution in [0.15, 0.2) is 12.2 Å². The summed E-state index contributed by atoms with van der Waals surface area (Å²) < 4.78 is 21.9. The minimum absolute atomic E-state index is 0.0381. The van der Waals surface area contributed by atoms with Crippen LogP contribution >= 0.6 is 0 Å². The van der Waals surface area contributed by atoms with Crippen LogP contribution in [-0.4, -0.2) is 50.4 Å². The van der Waals surface area contributed by atoms with Crippen LogP contribution in [0.2, 0.25) is 0 Å². The minimum Gasteiger partial charge on any atom is -0.337 e. The van der Waals surface area contributed by atoms with Crippen molar-refractivity contribution in [3.05, 3.63) is 12.2 Å². The summed E-state index contributed by atoms with van der Waals surface area (Å²) in [5, 5.41) is 0. The highest BCUT2D eigenvalue weighted by Crippen LogP contribution is 2.05. The van der Waals surface area contributed by atoms with Crippen LogP contribution in [-0.2, 0) is 14.6 Å². The van der Waals surface area contributed by atoms with E-state index in [1.165, 1.54) is 0 Å². The van der Waals surface area contributed by atoms with Crippen molar-refractivity contribution in [3.63, 3.8) is 0 Å². The van der Waals surface area contributed by atoms with Crippen molar-refractivity contribution in [2.75, 3.05) is 25.1 Å². The van der Waals surface area contributed by atoms with Gasteiger partial charge in [-0.15, -0.1) is 0 Å². The number of carbonyl (C=O) groups is 1. The number of amides is 1. The molecule has 1 unspecified atom stereocenters. The highest BCUT2D eigenvalue weighted by atomic mass is 32.2. The van der Waals surface area contributed by atoms with Crippen LogP contribution in [0.4, 0.5) is 0 Å². The lowest BCUT2D eigenvalue weighted by atomic mass is 10.1. The van der Waals surface area contributed by atoms with Crippen LogP contribution in [0, 0.1) is 0 Å². The van der Waals surface area contributed by atoms with Gasteiger partial charge in [-0.25, -0.2) is 8.42 Å². The summed E-state index contributed by atoms with van der Waals surface area (Å²) in [7, 11) is -3.05. The number of hydrogen-bond acceptors (Lipinski definition) is 4. The summed E-state index contributed by atoms with van der Waals surface area (Å²) >= 11 is 0. The van der Waals surface area contributed by atoms with E-state index in [-0.39, 0.29) is 18.1 Å². The van der Waals surface area contributed by atoms with Crippen molar-refractivity contribution in [3.8, 4) is 0 Å². The molecule has 0 saturated heterocycles. The average Bonchev–Trinajstić information content (AvgIpc) is 2.25. The molecule has 1 amide bonds. The van der Waals surface area contributed by atoms with Gasteiger partial charge < -0.3 is 10.6 Å². The molecule has 16 heavy (non-hydrogen) atoms. The molecule has 0 aromatic carbocycles. The smallest absolute Gasteiger partial charge is 0.239 e. The predicted molar refractivity (Wildman–Crippen MR) is 62.6 cm³/mol. The third-order valence-electron chi connectivity index (χ3n) is 2.49. The van der Waals surface area contributed by atoms with Crippen molar-refractivity contribution >= 4 is 15.7 Å². The lowest BCUT2D eigenvalue weighted by molar-refractivity contribution is -0.132. The van der Waals surface area contributed by atoms with E-state index >= 15 is 0 Å². The summed E-state index contributed by atoms with van der Waals surface area (Å²) in [5.41, 5.74) is 5.68. The van der Waals surface area contributed by atoms with E-state index in [0.717, 1.165) is 12.7 Å². The molecule has 0 spiro atoms. The highest BCUT2D eigenvalue weighted by molar-refractivity contribution is 7.90. The Bertz CT molecular complexity index is 376. The SMILES string of the molecule is CS(=O)(=O)CCC(N)C(=O)N1CC=CCC1. The number of sulfone groups is 1. The Hall–Kier alpha value is -0.880. The second kappa shape index (κ2) is 5.45. The number of nitrogens with two attached hydrogens (primary N) is 1. The van der Waals surface area contributed by atoms with E-state index < -0.39 is 15.9 Å². The van der Waals surface area contributed by atoms with Crippen LogP contribution in [0.5, 0.6) is 0 Å². The molecule has 1 aliphatic heterocycles. The third-order valence-corrected chi connectivity index (χ3v) is 3.46. The van der Waals surface area contributed by atoms with E-state index in [2.05, 4.69) is 0 Å².